The zero-order valence-corrected chi connectivity index (χ0v) is 21.9. The van der Waals surface area contributed by atoms with Gasteiger partial charge in [-0.25, -0.2) is 0 Å². The lowest BCUT2D eigenvalue weighted by atomic mass is 9.98. The second-order valence-corrected chi connectivity index (χ2v) is 9.77. The first-order valence-electron chi connectivity index (χ1n) is 11.7. The third-order valence-electron chi connectivity index (χ3n) is 6.25. The van der Waals surface area contributed by atoms with Gasteiger partial charge in [0.25, 0.3) is 11.7 Å². The van der Waals surface area contributed by atoms with Gasteiger partial charge in [0, 0.05) is 15.7 Å². The van der Waals surface area contributed by atoms with Gasteiger partial charge in [-0.05, 0) is 73.5 Å². The van der Waals surface area contributed by atoms with E-state index in [1.165, 1.54) is 4.90 Å². The van der Waals surface area contributed by atoms with E-state index < -0.39 is 17.7 Å². The van der Waals surface area contributed by atoms with Crippen molar-refractivity contribution in [2.24, 2.45) is 0 Å². The summed E-state index contributed by atoms with van der Waals surface area (Å²) in [5, 5.41) is 11.4. The molecule has 1 amide bonds. The van der Waals surface area contributed by atoms with Gasteiger partial charge in [-0.15, -0.1) is 0 Å². The molecule has 1 aliphatic rings. The molecule has 6 nitrogen and oxygen atoms in total. The Balaban J connectivity index is 1.55. The fourth-order valence-corrected chi connectivity index (χ4v) is 4.83. The molecule has 1 saturated heterocycles. The molecule has 1 aromatic heterocycles. The molecule has 0 radical (unpaired) electrons. The quantitative estimate of drug-likeness (QED) is 0.159. The van der Waals surface area contributed by atoms with Crippen molar-refractivity contribution in [2.45, 2.75) is 26.5 Å². The van der Waals surface area contributed by atoms with E-state index in [0.717, 1.165) is 15.6 Å². The zero-order valence-electron chi connectivity index (χ0n) is 20.3. The molecule has 1 atom stereocenters. The molecule has 1 unspecified atom stereocenters. The van der Waals surface area contributed by atoms with Gasteiger partial charge in [-0.3, -0.25) is 14.5 Å². The number of rotatable bonds is 6. The Labute approximate surface area is 222 Å². The van der Waals surface area contributed by atoms with Gasteiger partial charge in [-0.1, -0.05) is 52.3 Å². The van der Waals surface area contributed by atoms with Crippen LogP contribution in [-0.2, 0) is 16.2 Å². The van der Waals surface area contributed by atoms with Gasteiger partial charge in [-0.2, -0.15) is 0 Å². The van der Waals surface area contributed by atoms with E-state index in [1.54, 1.807) is 55.5 Å². The number of carbonyl (C=O) groups excluding carboxylic acids is 2. The first-order chi connectivity index (χ1) is 17.8. The highest BCUT2D eigenvalue weighted by Crippen LogP contribution is 2.43. The molecule has 1 fully saturated rings. The number of hydrogen-bond acceptors (Lipinski definition) is 5. The van der Waals surface area contributed by atoms with Gasteiger partial charge < -0.3 is 14.3 Å². The van der Waals surface area contributed by atoms with Crippen molar-refractivity contribution in [1.82, 2.24) is 0 Å². The predicted molar refractivity (Wildman–Crippen MR) is 144 cm³/mol. The smallest absolute Gasteiger partial charge is 0.300 e. The maximum absolute atomic E-state index is 13.3. The van der Waals surface area contributed by atoms with E-state index >= 15 is 0 Å². The summed E-state index contributed by atoms with van der Waals surface area (Å²) < 4.78 is 12.6. The lowest BCUT2D eigenvalue weighted by Gasteiger charge is -2.23. The van der Waals surface area contributed by atoms with Crippen molar-refractivity contribution < 1.29 is 23.8 Å². The van der Waals surface area contributed by atoms with E-state index in [4.69, 9.17) is 9.15 Å². The van der Waals surface area contributed by atoms with Crippen LogP contribution in [-0.4, -0.2) is 16.8 Å². The molecule has 1 aliphatic heterocycles. The topological polar surface area (TPSA) is 80.0 Å². The minimum atomic E-state index is -0.919. The molecule has 5 rings (SSSR count). The number of carbonyl (C=O) groups is 2. The van der Waals surface area contributed by atoms with Gasteiger partial charge in [0.05, 0.1) is 5.57 Å². The SMILES string of the molecule is Cc1ccc(C2/C(=C(/O)c3ccc(OCc4ccccc4)c(C)c3)C(=O)C(=O)N2c2cccc(Br)c2)o1. The number of amides is 1. The largest absolute Gasteiger partial charge is 0.507 e. The van der Waals surface area contributed by atoms with Crippen LogP contribution in [0.15, 0.2) is 99.4 Å². The van der Waals surface area contributed by atoms with E-state index in [2.05, 4.69) is 15.9 Å². The van der Waals surface area contributed by atoms with Gasteiger partial charge in [0.1, 0.15) is 35.7 Å². The second-order valence-electron chi connectivity index (χ2n) is 8.85. The summed E-state index contributed by atoms with van der Waals surface area (Å²) in [6.45, 7) is 4.06. The molecule has 4 aromatic rings. The minimum Gasteiger partial charge on any atom is -0.507 e. The maximum Gasteiger partial charge on any atom is 0.300 e. The van der Waals surface area contributed by atoms with E-state index in [0.29, 0.717) is 35.1 Å². The van der Waals surface area contributed by atoms with E-state index in [9.17, 15) is 14.7 Å². The molecule has 37 heavy (non-hydrogen) atoms. The summed E-state index contributed by atoms with van der Waals surface area (Å²) in [6.07, 6.45) is 0. The van der Waals surface area contributed by atoms with Gasteiger partial charge in [0.15, 0.2) is 0 Å². The number of ketones is 1. The Morgan fingerprint density at radius 1 is 0.973 bits per heavy atom. The number of halogens is 1. The Morgan fingerprint density at radius 2 is 1.76 bits per heavy atom. The number of nitrogens with zero attached hydrogens (tertiary/aromatic N) is 1. The summed E-state index contributed by atoms with van der Waals surface area (Å²) in [7, 11) is 0. The maximum atomic E-state index is 13.3. The number of Topliss-reactive ketones (excluding diaryl/α,β-unsaturated/α-hetero) is 1. The molecule has 0 aliphatic carbocycles. The Hall–Kier alpha value is -4.10. The van der Waals surface area contributed by atoms with Crippen molar-refractivity contribution in [2.75, 3.05) is 4.90 Å². The van der Waals surface area contributed by atoms with Gasteiger partial charge in [0.2, 0.25) is 0 Å². The summed E-state index contributed by atoms with van der Waals surface area (Å²) in [5.41, 5.74) is 2.71. The van der Waals surface area contributed by atoms with Crippen molar-refractivity contribution in [3.63, 3.8) is 0 Å². The van der Waals surface area contributed by atoms with Crippen molar-refractivity contribution in [1.29, 1.82) is 0 Å². The minimum absolute atomic E-state index is 0.0309. The lowest BCUT2D eigenvalue weighted by Crippen LogP contribution is -2.29. The van der Waals surface area contributed by atoms with Crippen LogP contribution in [0.25, 0.3) is 5.76 Å². The number of anilines is 1. The highest BCUT2D eigenvalue weighted by atomic mass is 79.9. The monoisotopic (exact) mass is 557 g/mol. The molecule has 0 spiro atoms. The number of aliphatic hydroxyl groups excluding tert-OH is 1. The zero-order chi connectivity index (χ0) is 26.1. The van der Waals surface area contributed by atoms with Crippen molar-refractivity contribution >= 4 is 39.1 Å². The standard InChI is InChI=1S/C30H24BrNO5/c1-18-15-21(12-14-24(18)36-17-20-7-4-3-5-8-20)28(33)26-27(25-13-11-19(2)37-25)32(30(35)29(26)34)23-10-6-9-22(31)16-23/h3-16,27,33H,17H2,1-2H3/b28-26-. The van der Waals surface area contributed by atoms with Crippen LogP contribution in [0, 0.1) is 13.8 Å². The molecule has 0 bridgehead atoms. The average Bonchev–Trinajstić information content (AvgIpc) is 3.43. The first-order valence-corrected chi connectivity index (χ1v) is 12.5. The Morgan fingerprint density at radius 3 is 2.43 bits per heavy atom. The van der Waals surface area contributed by atoms with Crippen LogP contribution in [0.2, 0.25) is 0 Å². The van der Waals surface area contributed by atoms with Crippen LogP contribution in [0.4, 0.5) is 5.69 Å². The highest BCUT2D eigenvalue weighted by molar-refractivity contribution is 9.10. The van der Waals surface area contributed by atoms with E-state index in [-0.39, 0.29) is 11.3 Å². The summed E-state index contributed by atoms with van der Waals surface area (Å²) in [4.78, 5) is 27.9. The molecule has 0 saturated carbocycles. The molecule has 2 heterocycles. The number of aryl methyl sites for hydroxylation is 2. The molecule has 1 N–H and O–H groups in total. The van der Waals surface area contributed by atoms with Crippen LogP contribution >= 0.6 is 15.9 Å². The lowest BCUT2D eigenvalue weighted by molar-refractivity contribution is -0.132. The average molecular weight is 558 g/mol. The van der Waals surface area contributed by atoms with Crippen LogP contribution in [0.1, 0.15) is 34.3 Å². The number of benzene rings is 3. The van der Waals surface area contributed by atoms with Crippen molar-refractivity contribution in [3.05, 3.63) is 123 Å². The second kappa shape index (κ2) is 10.1. The molecule has 3 aromatic carbocycles. The number of ether oxygens (including phenoxy) is 1. The van der Waals surface area contributed by atoms with Gasteiger partial charge >= 0.3 is 0 Å². The first kappa shape index (κ1) is 24.6. The molecule has 186 valence electrons. The van der Waals surface area contributed by atoms with Crippen LogP contribution in [0.5, 0.6) is 5.75 Å². The summed E-state index contributed by atoms with van der Waals surface area (Å²) in [6, 6.07) is 24.6. The highest BCUT2D eigenvalue weighted by Gasteiger charge is 2.48. The fourth-order valence-electron chi connectivity index (χ4n) is 4.44. The van der Waals surface area contributed by atoms with Crippen molar-refractivity contribution in [3.8, 4) is 5.75 Å². The van der Waals surface area contributed by atoms with Crippen LogP contribution < -0.4 is 9.64 Å². The summed E-state index contributed by atoms with van der Waals surface area (Å²) in [5.74, 6) is -0.110. The number of aliphatic hydroxyl groups is 1. The Kier molecular flexibility index (Phi) is 6.72. The molecular weight excluding hydrogens is 534 g/mol. The third kappa shape index (κ3) is 4.82. The fraction of sp³-hybridized carbons (Fsp3) is 0.133. The Bertz CT molecular complexity index is 1520. The molecule has 7 heteroatoms. The normalized spacial score (nSPS) is 16.8. The summed E-state index contributed by atoms with van der Waals surface area (Å²) >= 11 is 3.43. The third-order valence-corrected chi connectivity index (χ3v) is 6.74. The number of furan rings is 1. The predicted octanol–water partition coefficient (Wildman–Crippen LogP) is 6.86. The number of hydrogen-bond donors (Lipinski definition) is 1. The van der Waals surface area contributed by atoms with E-state index in [1.807, 2.05) is 43.3 Å². The van der Waals surface area contributed by atoms with Crippen LogP contribution in [0.3, 0.4) is 0 Å². The molecular formula is C30H24BrNO5.